The van der Waals surface area contributed by atoms with Gasteiger partial charge in [0.1, 0.15) is 18.3 Å². The fourth-order valence-corrected chi connectivity index (χ4v) is 1.72. The van der Waals surface area contributed by atoms with Gasteiger partial charge in [0.2, 0.25) is 0 Å². The molecule has 8 nitrogen and oxygen atoms in total. The number of rotatable bonds is 3. The van der Waals surface area contributed by atoms with Crippen LogP contribution >= 0.6 is 7.82 Å². The molecule has 1 saturated heterocycles. The number of hydrogen-bond donors (Lipinski definition) is 4. The highest BCUT2D eigenvalue weighted by Crippen LogP contribution is 2.41. The highest BCUT2D eigenvalue weighted by molar-refractivity contribution is 7.46. The van der Waals surface area contributed by atoms with Crippen LogP contribution in [0.25, 0.3) is 0 Å². The van der Waals surface area contributed by atoms with E-state index in [0.717, 1.165) is 0 Å². The Kier molecular flexibility index (Phi) is 3.62. The van der Waals surface area contributed by atoms with Crippen LogP contribution in [0.2, 0.25) is 0 Å². The van der Waals surface area contributed by atoms with Crippen molar-refractivity contribution in [2.24, 2.45) is 0 Å². The predicted molar refractivity (Wildman–Crippen MR) is 41.8 cm³/mol. The van der Waals surface area contributed by atoms with Crippen molar-refractivity contribution in [3.8, 4) is 0 Å². The van der Waals surface area contributed by atoms with Gasteiger partial charge in [-0.05, 0) is 0 Å². The molecule has 0 amide bonds. The highest BCUT2D eigenvalue weighted by atomic mass is 31.2. The summed E-state index contributed by atoms with van der Waals surface area (Å²) in [6, 6.07) is 0. The Morgan fingerprint density at radius 3 is 2.43 bits per heavy atom. The standard InChI is InChI=1S/C5H11NO7P/c6-5-4(13-14(9,10)11)3(8)2(1-7)12-5/h2-8H,1H2,(H2,9,10,11)/t2-,3-,4-,5?/m1/s1. The Balaban J connectivity index is 2.65. The molecule has 1 unspecified atom stereocenters. The van der Waals surface area contributed by atoms with Crippen LogP contribution in [0, 0.1) is 0 Å². The van der Waals surface area contributed by atoms with Crippen molar-refractivity contribution >= 4 is 7.82 Å². The molecule has 0 aromatic rings. The SMILES string of the molecule is [NH]C1O[C@H](CO)[C@@H](O)[C@H]1OP(=O)(O)O. The summed E-state index contributed by atoms with van der Waals surface area (Å²) in [7, 11) is -4.77. The topological polar surface area (TPSA) is 140 Å². The molecular weight excluding hydrogens is 217 g/mol. The van der Waals surface area contributed by atoms with Gasteiger partial charge in [-0.1, -0.05) is 0 Å². The molecule has 1 aliphatic rings. The van der Waals surface area contributed by atoms with E-state index < -0.39 is 39.0 Å². The summed E-state index contributed by atoms with van der Waals surface area (Å²) in [5.41, 5.74) is 7.17. The normalized spacial score (nSPS) is 38.9. The van der Waals surface area contributed by atoms with Crippen LogP contribution in [0.5, 0.6) is 0 Å². The first-order valence-electron chi connectivity index (χ1n) is 3.74. The quantitative estimate of drug-likeness (QED) is 0.402. The van der Waals surface area contributed by atoms with E-state index in [9.17, 15) is 9.67 Å². The van der Waals surface area contributed by atoms with Gasteiger partial charge < -0.3 is 24.7 Å². The summed E-state index contributed by atoms with van der Waals surface area (Å²) >= 11 is 0. The largest absolute Gasteiger partial charge is 0.470 e. The maximum atomic E-state index is 10.4. The van der Waals surface area contributed by atoms with Crippen molar-refractivity contribution in [3.05, 3.63) is 0 Å². The molecule has 9 heteroatoms. The summed E-state index contributed by atoms with van der Waals surface area (Å²) in [5.74, 6) is 0. The fraction of sp³-hybridized carbons (Fsp3) is 1.00. The van der Waals surface area contributed by atoms with Gasteiger partial charge in [0.25, 0.3) is 0 Å². The van der Waals surface area contributed by atoms with Crippen molar-refractivity contribution in [2.45, 2.75) is 24.5 Å². The molecule has 4 atom stereocenters. The first-order chi connectivity index (χ1) is 6.35. The lowest BCUT2D eigenvalue weighted by atomic mass is 10.1. The minimum Gasteiger partial charge on any atom is -0.394 e. The number of phosphoric ester groups is 1. The zero-order chi connectivity index (χ0) is 10.9. The van der Waals surface area contributed by atoms with Crippen LogP contribution in [0.4, 0.5) is 0 Å². The molecule has 1 radical (unpaired) electrons. The molecule has 1 fully saturated rings. The number of aliphatic hydroxyl groups is 2. The van der Waals surface area contributed by atoms with Gasteiger partial charge in [0, 0.05) is 0 Å². The minimum absolute atomic E-state index is 0.544. The van der Waals surface area contributed by atoms with Crippen LogP contribution in [0.15, 0.2) is 0 Å². The highest BCUT2D eigenvalue weighted by Gasteiger charge is 2.45. The maximum Gasteiger partial charge on any atom is 0.470 e. The lowest BCUT2D eigenvalue weighted by molar-refractivity contribution is -0.0221. The second-order valence-electron chi connectivity index (χ2n) is 2.83. The second-order valence-corrected chi connectivity index (χ2v) is 4.02. The lowest BCUT2D eigenvalue weighted by Gasteiger charge is -2.17. The monoisotopic (exact) mass is 228 g/mol. The van der Waals surface area contributed by atoms with E-state index in [1.54, 1.807) is 0 Å². The molecule has 0 spiro atoms. The lowest BCUT2D eigenvalue weighted by Crippen LogP contribution is -2.36. The molecule has 0 bridgehead atoms. The van der Waals surface area contributed by atoms with E-state index in [-0.39, 0.29) is 0 Å². The summed E-state index contributed by atoms with van der Waals surface area (Å²) in [4.78, 5) is 16.9. The zero-order valence-electron chi connectivity index (χ0n) is 6.98. The summed E-state index contributed by atoms with van der Waals surface area (Å²) in [6.45, 7) is -0.544. The number of nitrogens with one attached hydrogen (secondary N) is 1. The average molecular weight is 228 g/mol. The minimum atomic E-state index is -4.77. The summed E-state index contributed by atoms with van der Waals surface area (Å²) < 4.78 is 19.3. The van der Waals surface area contributed by atoms with Crippen LogP contribution < -0.4 is 5.73 Å². The second kappa shape index (κ2) is 4.21. The third-order valence-electron chi connectivity index (χ3n) is 1.78. The van der Waals surface area contributed by atoms with Crippen molar-refractivity contribution in [3.63, 3.8) is 0 Å². The van der Waals surface area contributed by atoms with Gasteiger partial charge >= 0.3 is 7.82 Å². The Morgan fingerprint density at radius 1 is 1.50 bits per heavy atom. The Labute approximate surface area is 79.5 Å². The Morgan fingerprint density at radius 2 is 2.07 bits per heavy atom. The van der Waals surface area contributed by atoms with Crippen molar-refractivity contribution < 1.29 is 33.8 Å². The van der Waals surface area contributed by atoms with E-state index >= 15 is 0 Å². The van der Waals surface area contributed by atoms with E-state index in [1.807, 2.05) is 0 Å². The first-order valence-corrected chi connectivity index (χ1v) is 5.27. The molecule has 1 aliphatic heterocycles. The maximum absolute atomic E-state index is 10.4. The van der Waals surface area contributed by atoms with Crippen molar-refractivity contribution in [1.82, 2.24) is 5.73 Å². The predicted octanol–water partition coefficient (Wildman–Crippen LogP) is -2.17. The first kappa shape index (κ1) is 12.0. The molecule has 0 saturated carbocycles. The van der Waals surface area contributed by atoms with Crippen molar-refractivity contribution in [1.29, 1.82) is 0 Å². The number of hydrogen-bond acceptors (Lipinski definition) is 5. The van der Waals surface area contributed by atoms with E-state index in [1.165, 1.54) is 0 Å². The van der Waals surface area contributed by atoms with Crippen molar-refractivity contribution in [2.75, 3.05) is 6.61 Å². The number of aliphatic hydroxyl groups excluding tert-OH is 2. The number of phosphoric acid groups is 1. The third-order valence-corrected chi connectivity index (χ3v) is 2.29. The third kappa shape index (κ3) is 2.72. The number of ether oxygens (including phenoxy) is 1. The Hall–Kier alpha value is -0.0500. The summed E-state index contributed by atoms with van der Waals surface area (Å²) in [5, 5.41) is 18.0. The van der Waals surface area contributed by atoms with Crippen LogP contribution in [-0.4, -0.2) is 51.1 Å². The van der Waals surface area contributed by atoms with Gasteiger partial charge in [0.05, 0.1) is 6.61 Å². The van der Waals surface area contributed by atoms with Gasteiger partial charge in [-0.15, -0.1) is 0 Å². The van der Waals surface area contributed by atoms with Gasteiger partial charge in [-0.25, -0.2) is 10.3 Å². The molecule has 0 aliphatic carbocycles. The summed E-state index contributed by atoms with van der Waals surface area (Å²) in [6.07, 6.45) is -5.34. The van der Waals surface area contributed by atoms with Gasteiger partial charge in [-0.3, -0.25) is 4.52 Å². The van der Waals surface area contributed by atoms with Gasteiger partial charge in [-0.2, -0.15) is 0 Å². The molecule has 1 heterocycles. The smallest absolute Gasteiger partial charge is 0.394 e. The molecule has 1 rings (SSSR count). The average Bonchev–Trinajstić information content (AvgIpc) is 2.29. The fourth-order valence-electron chi connectivity index (χ4n) is 1.16. The molecule has 0 aromatic carbocycles. The van der Waals surface area contributed by atoms with E-state index in [4.69, 9.17) is 20.6 Å². The Bertz CT molecular complexity index is 242. The van der Waals surface area contributed by atoms with Crippen LogP contribution in [-0.2, 0) is 13.8 Å². The zero-order valence-corrected chi connectivity index (χ0v) is 7.87. The molecule has 83 valence electrons. The molecule has 5 N–H and O–H groups in total. The molecular formula is C5H11NO7P. The van der Waals surface area contributed by atoms with E-state index in [2.05, 4.69) is 9.26 Å². The molecule has 14 heavy (non-hydrogen) atoms. The molecule has 0 aromatic heterocycles. The van der Waals surface area contributed by atoms with Gasteiger partial charge in [0.15, 0.2) is 6.23 Å². The van der Waals surface area contributed by atoms with Crippen LogP contribution in [0.3, 0.4) is 0 Å². The van der Waals surface area contributed by atoms with E-state index in [0.29, 0.717) is 0 Å². The van der Waals surface area contributed by atoms with Crippen LogP contribution in [0.1, 0.15) is 0 Å².